The number of rotatable bonds is 4. The van der Waals surface area contributed by atoms with Crippen LogP contribution in [0, 0.1) is 6.92 Å². The highest BCUT2D eigenvalue weighted by Crippen LogP contribution is 2.30. The molecular formula is C16H21NO4. The van der Waals surface area contributed by atoms with Crippen molar-refractivity contribution in [1.82, 2.24) is 4.98 Å². The van der Waals surface area contributed by atoms with Crippen LogP contribution in [0.4, 0.5) is 0 Å². The molecule has 0 amide bonds. The van der Waals surface area contributed by atoms with Crippen LogP contribution < -0.4 is 10.3 Å². The molecule has 0 spiro atoms. The number of aliphatic hydroxyl groups is 2. The monoisotopic (exact) mass is 291 g/mol. The van der Waals surface area contributed by atoms with Crippen LogP contribution in [0.5, 0.6) is 5.75 Å². The summed E-state index contributed by atoms with van der Waals surface area (Å²) in [6, 6.07) is 5.60. The van der Waals surface area contributed by atoms with E-state index in [0.29, 0.717) is 16.8 Å². The highest BCUT2D eigenvalue weighted by atomic mass is 16.5. The predicted molar refractivity (Wildman–Crippen MR) is 81.9 cm³/mol. The first-order valence-electron chi connectivity index (χ1n) is 6.84. The van der Waals surface area contributed by atoms with Crippen molar-refractivity contribution in [3.05, 3.63) is 39.7 Å². The Morgan fingerprint density at radius 3 is 2.62 bits per heavy atom. The van der Waals surface area contributed by atoms with E-state index >= 15 is 0 Å². The van der Waals surface area contributed by atoms with Crippen LogP contribution in [0.25, 0.3) is 10.9 Å². The molecular weight excluding hydrogens is 270 g/mol. The van der Waals surface area contributed by atoms with E-state index in [1.807, 2.05) is 25.1 Å². The lowest BCUT2D eigenvalue weighted by molar-refractivity contribution is -0.0472. The topological polar surface area (TPSA) is 82.5 Å². The van der Waals surface area contributed by atoms with Crippen molar-refractivity contribution in [1.29, 1.82) is 0 Å². The lowest BCUT2D eigenvalue weighted by Gasteiger charge is -2.25. The van der Waals surface area contributed by atoms with E-state index in [9.17, 15) is 15.0 Å². The minimum Gasteiger partial charge on any atom is -0.496 e. The summed E-state index contributed by atoms with van der Waals surface area (Å²) in [7, 11) is 1.50. The van der Waals surface area contributed by atoms with Crippen molar-refractivity contribution in [2.75, 3.05) is 7.11 Å². The number of methoxy groups -OCH3 is 1. The maximum absolute atomic E-state index is 12.3. The fourth-order valence-electron chi connectivity index (χ4n) is 2.38. The molecule has 1 atom stereocenters. The summed E-state index contributed by atoms with van der Waals surface area (Å²) in [5.41, 5.74) is 0.401. The summed E-state index contributed by atoms with van der Waals surface area (Å²) in [5.74, 6) is 0.454. The Labute approximate surface area is 123 Å². The molecule has 0 aliphatic heterocycles. The van der Waals surface area contributed by atoms with Gasteiger partial charge in [0.15, 0.2) is 0 Å². The number of H-pyrrole nitrogens is 1. The molecule has 114 valence electrons. The van der Waals surface area contributed by atoms with Crippen LogP contribution in [0.1, 0.15) is 25.0 Å². The average Bonchev–Trinajstić information content (AvgIpc) is 2.39. The van der Waals surface area contributed by atoms with E-state index in [-0.39, 0.29) is 12.0 Å². The van der Waals surface area contributed by atoms with E-state index in [4.69, 9.17) is 4.74 Å². The number of aryl methyl sites for hydroxylation is 1. The summed E-state index contributed by atoms with van der Waals surface area (Å²) in [5, 5.41) is 20.8. The number of nitrogens with one attached hydrogen (secondary N) is 1. The number of hydrogen-bond donors (Lipinski definition) is 3. The van der Waals surface area contributed by atoms with Gasteiger partial charge >= 0.3 is 0 Å². The molecule has 0 radical (unpaired) electrons. The lowest BCUT2D eigenvalue weighted by atomic mass is 9.94. The van der Waals surface area contributed by atoms with Crippen LogP contribution in [0.15, 0.2) is 23.0 Å². The quantitative estimate of drug-likeness (QED) is 0.797. The Kier molecular flexibility index (Phi) is 4.07. The second-order valence-electron chi connectivity index (χ2n) is 5.84. The number of aliphatic hydroxyl groups excluding tert-OH is 1. The molecule has 0 bridgehead atoms. The van der Waals surface area contributed by atoms with Crippen LogP contribution in [0.2, 0.25) is 0 Å². The number of pyridine rings is 1. The first-order valence-corrected chi connectivity index (χ1v) is 6.84. The molecule has 5 heteroatoms. The zero-order chi connectivity index (χ0) is 15.8. The average molecular weight is 291 g/mol. The molecule has 0 aliphatic rings. The number of aromatic amines is 1. The molecule has 2 rings (SSSR count). The van der Waals surface area contributed by atoms with Crippen molar-refractivity contribution in [3.8, 4) is 5.75 Å². The Hall–Kier alpha value is -1.85. The summed E-state index contributed by atoms with van der Waals surface area (Å²) in [6.45, 7) is 4.94. The van der Waals surface area contributed by atoms with Gasteiger partial charge < -0.3 is 19.9 Å². The van der Waals surface area contributed by atoms with Gasteiger partial charge in [-0.25, -0.2) is 0 Å². The van der Waals surface area contributed by atoms with Crippen LogP contribution >= 0.6 is 0 Å². The molecule has 3 N–H and O–H groups in total. The van der Waals surface area contributed by atoms with Gasteiger partial charge in [-0.1, -0.05) is 12.1 Å². The van der Waals surface area contributed by atoms with Crippen molar-refractivity contribution in [2.24, 2.45) is 0 Å². The minimum atomic E-state index is -1.29. The van der Waals surface area contributed by atoms with E-state index < -0.39 is 11.7 Å². The van der Waals surface area contributed by atoms with Gasteiger partial charge in [0.05, 0.1) is 29.9 Å². The predicted octanol–water partition coefficient (Wildman–Crippen LogP) is 1.52. The van der Waals surface area contributed by atoms with Gasteiger partial charge in [-0.05, 0) is 32.4 Å². The third kappa shape index (κ3) is 2.94. The van der Waals surface area contributed by atoms with Crippen LogP contribution in [-0.2, 0) is 6.42 Å². The number of aromatic nitrogens is 1. The smallest absolute Gasteiger partial charge is 0.255 e. The Morgan fingerprint density at radius 2 is 2.05 bits per heavy atom. The molecule has 5 nitrogen and oxygen atoms in total. The SMILES string of the molecule is COc1c(CC(O)C(C)(C)O)c(=O)[nH]c2cccc(C)c12. The third-order valence-corrected chi connectivity index (χ3v) is 3.71. The van der Waals surface area contributed by atoms with Crippen LogP contribution in [0.3, 0.4) is 0 Å². The largest absolute Gasteiger partial charge is 0.496 e. The van der Waals surface area contributed by atoms with Gasteiger partial charge in [0, 0.05) is 11.8 Å². The molecule has 1 aromatic heterocycles. The zero-order valence-corrected chi connectivity index (χ0v) is 12.7. The zero-order valence-electron chi connectivity index (χ0n) is 12.7. The Bertz CT molecular complexity index is 713. The van der Waals surface area contributed by atoms with Gasteiger partial charge in [-0.15, -0.1) is 0 Å². The fraction of sp³-hybridized carbons (Fsp3) is 0.438. The highest BCUT2D eigenvalue weighted by molar-refractivity contribution is 5.89. The molecule has 0 saturated carbocycles. The van der Waals surface area contributed by atoms with Crippen molar-refractivity contribution in [3.63, 3.8) is 0 Å². The number of hydrogen-bond acceptors (Lipinski definition) is 4. The Balaban J connectivity index is 2.66. The van der Waals surface area contributed by atoms with Gasteiger partial charge in [-0.3, -0.25) is 4.79 Å². The first kappa shape index (κ1) is 15.5. The second kappa shape index (κ2) is 5.50. The maximum Gasteiger partial charge on any atom is 0.255 e. The van der Waals surface area contributed by atoms with E-state index in [1.54, 1.807) is 0 Å². The number of benzene rings is 1. The molecule has 1 aromatic carbocycles. The molecule has 2 aromatic rings. The maximum atomic E-state index is 12.3. The van der Waals surface area contributed by atoms with Crippen molar-refractivity contribution in [2.45, 2.75) is 38.9 Å². The number of ether oxygens (including phenoxy) is 1. The molecule has 1 unspecified atom stereocenters. The van der Waals surface area contributed by atoms with Crippen molar-refractivity contribution < 1.29 is 14.9 Å². The molecule has 0 aliphatic carbocycles. The van der Waals surface area contributed by atoms with Crippen molar-refractivity contribution >= 4 is 10.9 Å². The van der Waals surface area contributed by atoms with Gasteiger partial charge in [0.25, 0.3) is 5.56 Å². The first-order chi connectivity index (χ1) is 9.75. The van der Waals surface area contributed by atoms with E-state index in [2.05, 4.69) is 4.98 Å². The summed E-state index contributed by atoms with van der Waals surface area (Å²) in [4.78, 5) is 15.1. The molecule has 0 fully saturated rings. The summed E-state index contributed by atoms with van der Waals surface area (Å²) in [6.07, 6.45) is -1.04. The second-order valence-corrected chi connectivity index (χ2v) is 5.84. The lowest BCUT2D eigenvalue weighted by Crippen LogP contribution is -2.38. The molecule has 21 heavy (non-hydrogen) atoms. The standard InChI is InChI=1S/C16H21NO4/c1-9-6-5-7-11-13(9)14(21-4)10(15(19)17-11)8-12(18)16(2,3)20/h5-7,12,18,20H,8H2,1-4H3,(H,17,19). The van der Waals surface area contributed by atoms with Gasteiger partial charge in [0.1, 0.15) is 5.75 Å². The van der Waals surface area contributed by atoms with E-state index in [1.165, 1.54) is 21.0 Å². The fourth-order valence-corrected chi connectivity index (χ4v) is 2.38. The summed E-state index contributed by atoms with van der Waals surface area (Å²) >= 11 is 0. The number of fused-ring (bicyclic) bond motifs is 1. The molecule has 1 heterocycles. The normalized spacial score (nSPS) is 13.4. The van der Waals surface area contributed by atoms with Crippen LogP contribution in [-0.4, -0.2) is 34.0 Å². The Morgan fingerprint density at radius 1 is 1.38 bits per heavy atom. The van der Waals surface area contributed by atoms with Gasteiger partial charge in [0.2, 0.25) is 0 Å². The van der Waals surface area contributed by atoms with Gasteiger partial charge in [-0.2, -0.15) is 0 Å². The summed E-state index contributed by atoms with van der Waals surface area (Å²) < 4.78 is 5.42. The van der Waals surface area contributed by atoms with E-state index in [0.717, 1.165) is 10.9 Å². The molecule has 0 saturated heterocycles. The highest BCUT2D eigenvalue weighted by Gasteiger charge is 2.27. The minimum absolute atomic E-state index is 0.0201. The third-order valence-electron chi connectivity index (χ3n) is 3.71.